The summed E-state index contributed by atoms with van der Waals surface area (Å²) in [6.45, 7) is 3.77. The van der Waals surface area contributed by atoms with Crippen LogP contribution in [-0.2, 0) is 17.6 Å². The second-order valence-corrected chi connectivity index (χ2v) is 6.61. The van der Waals surface area contributed by atoms with Crippen molar-refractivity contribution < 1.29 is 4.79 Å². The van der Waals surface area contributed by atoms with Crippen LogP contribution in [0.2, 0.25) is 0 Å². The first-order valence-electron chi connectivity index (χ1n) is 8.48. The summed E-state index contributed by atoms with van der Waals surface area (Å²) in [6, 6.07) is 9.79. The zero-order valence-electron chi connectivity index (χ0n) is 14.3. The lowest BCUT2D eigenvalue weighted by atomic mass is 10.1. The van der Waals surface area contributed by atoms with Gasteiger partial charge in [0.15, 0.2) is 5.65 Å². The standard InChI is InChI=1S/C19H20N4O2/c1-11-15(12(2)23-17(20-11)10-19(25)22-23)9-18(24)21-16-8-7-13-5-3-4-6-14(13)16/h3-6,10,16H,7-9H2,1-2H3,(H,21,24)(H,22,25). The van der Waals surface area contributed by atoms with Gasteiger partial charge in [-0.1, -0.05) is 24.3 Å². The number of nitrogens with one attached hydrogen (secondary N) is 2. The zero-order chi connectivity index (χ0) is 17.6. The predicted molar refractivity (Wildman–Crippen MR) is 94.6 cm³/mol. The quantitative estimate of drug-likeness (QED) is 0.768. The normalized spacial score (nSPS) is 16.2. The smallest absolute Gasteiger partial charge is 0.266 e. The van der Waals surface area contributed by atoms with Gasteiger partial charge in [-0.3, -0.25) is 14.7 Å². The summed E-state index contributed by atoms with van der Waals surface area (Å²) in [5, 5.41) is 5.86. The minimum atomic E-state index is -0.195. The van der Waals surface area contributed by atoms with E-state index in [9.17, 15) is 9.59 Å². The van der Waals surface area contributed by atoms with Crippen LogP contribution in [0.1, 0.15) is 40.5 Å². The Morgan fingerprint density at radius 1 is 1.36 bits per heavy atom. The number of benzene rings is 1. The number of H-pyrrole nitrogens is 1. The Bertz CT molecular complexity index is 1030. The van der Waals surface area contributed by atoms with E-state index in [1.54, 1.807) is 4.52 Å². The number of amides is 1. The third kappa shape index (κ3) is 2.73. The summed E-state index contributed by atoms with van der Waals surface area (Å²) in [6.07, 6.45) is 2.18. The number of aryl methyl sites for hydroxylation is 3. The average molecular weight is 336 g/mol. The highest BCUT2D eigenvalue weighted by Gasteiger charge is 2.24. The molecule has 4 rings (SSSR count). The van der Waals surface area contributed by atoms with Gasteiger partial charge in [-0.05, 0) is 37.8 Å². The first-order valence-corrected chi connectivity index (χ1v) is 8.48. The molecule has 1 aliphatic carbocycles. The zero-order valence-corrected chi connectivity index (χ0v) is 14.3. The summed E-state index contributed by atoms with van der Waals surface area (Å²) >= 11 is 0. The maximum atomic E-state index is 12.6. The minimum absolute atomic E-state index is 0.0245. The molecule has 0 aliphatic heterocycles. The van der Waals surface area contributed by atoms with Gasteiger partial charge < -0.3 is 5.32 Å². The van der Waals surface area contributed by atoms with Crippen molar-refractivity contribution in [2.24, 2.45) is 0 Å². The van der Waals surface area contributed by atoms with Crippen LogP contribution < -0.4 is 10.9 Å². The Morgan fingerprint density at radius 3 is 3.00 bits per heavy atom. The number of fused-ring (bicyclic) bond motifs is 2. The molecule has 0 saturated carbocycles. The van der Waals surface area contributed by atoms with Crippen LogP contribution in [0.15, 0.2) is 35.1 Å². The molecular formula is C19H20N4O2. The minimum Gasteiger partial charge on any atom is -0.349 e. The van der Waals surface area contributed by atoms with Crippen LogP contribution in [0.25, 0.3) is 5.65 Å². The largest absolute Gasteiger partial charge is 0.349 e. The van der Waals surface area contributed by atoms with Crippen LogP contribution >= 0.6 is 0 Å². The number of nitrogens with zero attached hydrogens (tertiary/aromatic N) is 2. The Labute approximate surface area is 144 Å². The highest BCUT2D eigenvalue weighted by Crippen LogP contribution is 2.30. The highest BCUT2D eigenvalue weighted by molar-refractivity contribution is 5.79. The first kappa shape index (κ1) is 15.6. The molecule has 0 spiro atoms. The lowest BCUT2D eigenvalue weighted by Crippen LogP contribution is -2.29. The number of rotatable bonds is 3. The summed E-state index contributed by atoms with van der Waals surface area (Å²) in [4.78, 5) is 28.6. The Balaban J connectivity index is 1.57. The second kappa shape index (κ2) is 5.88. The van der Waals surface area contributed by atoms with Crippen molar-refractivity contribution in [1.82, 2.24) is 19.9 Å². The molecule has 1 atom stereocenters. The molecule has 1 aliphatic rings. The Kier molecular flexibility index (Phi) is 3.67. The van der Waals surface area contributed by atoms with E-state index in [1.807, 2.05) is 26.0 Å². The fourth-order valence-electron chi connectivity index (χ4n) is 3.72. The molecule has 6 nitrogen and oxygen atoms in total. The highest BCUT2D eigenvalue weighted by atomic mass is 16.1. The van der Waals surface area contributed by atoms with Crippen LogP contribution in [0.5, 0.6) is 0 Å². The molecule has 0 fully saturated rings. The summed E-state index contributed by atoms with van der Waals surface area (Å²) in [7, 11) is 0. The SMILES string of the molecule is Cc1nc2cc(=O)[nH]n2c(C)c1CC(=O)NC1CCc2ccccc21. The lowest BCUT2D eigenvalue weighted by molar-refractivity contribution is -0.121. The van der Waals surface area contributed by atoms with Gasteiger partial charge in [-0.15, -0.1) is 0 Å². The predicted octanol–water partition coefficient (Wildman–Crippen LogP) is 1.99. The van der Waals surface area contributed by atoms with E-state index in [0.717, 1.165) is 29.8 Å². The molecule has 1 amide bonds. The van der Waals surface area contributed by atoms with Crippen molar-refractivity contribution in [3.8, 4) is 0 Å². The molecule has 6 heteroatoms. The molecule has 2 heterocycles. The van der Waals surface area contributed by atoms with E-state index in [0.29, 0.717) is 5.65 Å². The van der Waals surface area contributed by atoms with E-state index in [4.69, 9.17) is 0 Å². The van der Waals surface area contributed by atoms with Gasteiger partial charge in [0.1, 0.15) is 0 Å². The first-order chi connectivity index (χ1) is 12.0. The van der Waals surface area contributed by atoms with Gasteiger partial charge in [0.05, 0.1) is 12.5 Å². The maximum Gasteiger partial charge on any atom is 0.266 e. The van der Waals surface area contributed by atoms with E-state index in [-0.39, 0.29) is 23.9 Å². The van der Waals surface area contributed by atoms with Crippen molar-refractivity contribution in [3.63, 3.8) is 0 Å². The summed E-state index contributed by atoms with van der Waals surface area (Å²) in [5.74, 6) is -0.0245. The molecule has 2 aromatic heterocycles. The molecule has 25 heavy (non-hydrogen) atoms. The molecule has 0 radical (unpaired) electrons. The molecule has 0 bridgehead atoms. The molecule has 1 aromatic carbocycles. The van der Waals surface area contributed by atoms with Crippen LogP contribution in [0, 0.1) is 13.8 Å². The van der Waals surface area contributed by atoms with Crippen LogP contribution in [0.3, 0.4) is 0 Å². The third-order valence-corrected chi connectivity index (χ3v) is 5.01. The number of aromatic amines is 1. The number of hydrogen-bond acceptors (Lipinski definition) is 3. The molecular weight excluding hydrogens is 316 g/mol. The Hall–Kier alpha value is -2.89. The van der Waals surface area contributed by atoms with Gasteiger partial charge in [-0.25, -0.2) is 9.50 Å². The molecule has 3 aromatic rings. The van der Waals surface area contributed by atoms with Crippen LogP contribution in [-0.4, -0.2) is 20.5 Å². The van der Waals surface area contributed by atoms with Gasteiger partial charge in [0.2, 0.25) is 5.91 Å². The number of carbonyl (C=O) groups excluding carboxylic acids is 1. The van der Waals surface area contributed by atoms with E-state index in [1.165, 1.54) is 17.2 Å². The number of carbonyl (C=O) groups is 1. The van der Waals surface area contributed by atoms with E-state index in [2.05, 4.69) is 27.5 Å². The van der Waals surface area contributed by atoms with E-state index < -0.39 is 0 Å². The Morgan fingerprint density at radius 2 is 2.16 bits per heavy atom. The fourth-order valence-corrected chi connectivity index (χ4v) is 3.72. The topological polar surface area (TPSA) is 79.3 Å². The number of hydrogen-bond donors (Lipinski definition) is 2. The monoisotopic (exact) mass is 336 g/mol. The van der Waals surface area contributed by atoms with Gasteiger partial charge in [-0.2, -0.15) is 0 Å². The summed E-state index contributed by atoms with van der Waals surface area (Å²) < 4.78 is 1.64. The maximum absolute atomic E-state index is 12.6. The van der Waals surface area contributed by atoms with Gasteiger partial charge in [0, 0.05) is 23.0 Å². The molecule has 1 unspecified atom stereocenters. The van der Waals surface area contributed by atoms with E-state index >= 15 is 0 Å². The van der Waals surface area contributed by atoms with Gasteiger partial charge in [0.25, 0.3) is 5.56 Å². The van der Waals surface area contributed by atoms with Crippen molar-refractivity contribution in [3.05, 3.63) is 68.8 Å². The number of aromatic nitrogens is 3. The second-order valence-electron chi connectivity index (χ2n) is 6.61. The molecule has 0 saturated heterocycles. The third-order valence-electron chi connectivity index (χ3n) is 5.01. The van der Waals surface area contributed by atoms with Crippen molar-refractivity contribution in [1.29, 1.82) is 0 Å². The lowest BCUT2D eigenvalue weighted by Gasteiger charge is -2.16. The van der Waals surface area contributed by atoms with Crippen LogP contribution in [0.4, 0.5) is 0 Å². The fraction of sp³-hybridized carbons (Fsp3) is 0.316. The summed E-state index contributed by atoms with van der Waals surface area (Å²) in [5.41, 5.74) is 5.38. The van der Waals surface area contributed by atoms with Crippen molar-refractivity contribution in [2.75, 3.05) is 0 Å². The molecule has 128 valence electrons. The average Bonchev–Trinajstić information content (AvgIpc) is 3.15. The molecule has 2 N–H and O–H groups in total. The van der Waals surface area contributed by atoms with Gasteiger partial charge >= 0.3 is 0 Å². The van der Waals surface area contributed by atoms with Crippen molar-refractivity contribution >= 4 is 11.6 Å². The van der Waals surface area contributed by atoms with Crippen molar-refractivity contribution in [2.45, 2.75) is 39.2 Å².